The quantitative estimate of drug-likeness (QED) is 0.414. The van der Waals surface area contributed by atoms with Gasteiger partial charge in [0, 0.05) is 4.88 Å². The van der Waals surface area contributed by atoms with Crippen molar-refractivity contribution in [3.05, 3.63) is 58.3 Å². The molecule has 0 spiro atoms. The van der Waals surface area contributed by atoms with Crippen molar-refractivity contribution in [1.29, 1.82) is 0 Å². The summed E-state index contributed by atoms with van der Waals surface area (Å²) in [7, 11) is 0. The van der Waals surface area contributed by atoms with Gasteiger partial charge < -0.3 is 0 Å². The van der Waals surface area contributed by atoms with Gasteiger partial charge in [-0.1, -0.05) is 133 Å². The number of thiophene rings is 1. The van der Waals surface area contributed by atoms with Gasteiger partial charge in [0.15, 0.2) is 0 Å². The molecule has 0 aliphatic rings. The fourth-order valence-electron chi connectivity index (χ4n) is 1.92. The normalized spacial score (nSPS) is 9.94. The summed E-state index contributed by atoms with van der Waals surface area (Å²) in [5, 5.41) is 2.14. The van der Waals surface area contributed by atoms with Crippen molar-refractivity contribution < 1.29 is 0 Å². The molecule has 1 heterocycles. The van der Waals surface area contributed by atoms with Crippen molar-refractivity contribution in [2.45, 2.75) is 109 Å². The monoisotopic (exact) mass is 462 g/mol. The van der Waals surface area contributed by atoms with Gasteiger partial charge >= 0.3 is 0 Å². The van der Waals surface area contributed by atoms with Crippen LogP contribution in [0.15, 0.2) is 47.8 Å². The first kappa shape index (κ1) is 35.5. The van der Waals surface area contributed by atoms with Crippen LogP contribution in [-0.4, -0.2) is 0 Å². The molecule has 0 N–H and O–H groups in total. The molecule has 188 valence electrons. The van der Waals surface area contributed by atoms with Crippen LogP contribution in [0.3, 0.4) is 0 Å². The molecular formula is C31H58S. The maximum absolute atomic E-state index is 2.25. The van der Waals surface area contributed by atoms with Crippen LogP contribution >= 0.6 is 11.3 Å². The molecule has 32 heavy (non-hydrogen) atoms. The second-order valence-electron chi connectivity index (χ2n) is 11.0. The first-order valence-corrected chi connectivity index (χ1v) is 13.8. The lowest BCUT2D eigenvalue weighted by atomic mass is 10.0. The zero-order valence-corrected chi connectivity index (χ0v) is 24.9. The van der Waals surface area contributed by atoms with Gasteiger partial charge in [-0.2, -0.15) is 0 Å². The van der Waals surface area contributed by atoms with E-state index in [9.17, 15) is 0 Å². The summed E-state index contributed by atoms with van der Waals surface area (Å²) in [6.45, 7) is 28.6. The van der Waals surface area contributed by atoms with E-state index in [2.05, 4.69) is 138 Å². The first-order valence-electron chi connectivity index (χ1n) is 12.9. The predicted octanol–water partition coefficient (Wildman–Crippen LogP) is 11.2. The van der Waals surface area contributed by atoms with E-state index in [0.717, 1.165) is 29.6 Å². The highest BCUT2D eigenvalue weighted by molar-refractivity contribution is 7.09. The lowest BCUT2D eigenvalue weighted by Crippen LogP contribution is -1.92. The topological polar surface area (TPSA) is 0 Å². The standard InChI is InChI=1S/C10H14.C8H12S.C5H12.2C4H10/c1-9(2)8-10-6-4-3-5-7-10;1-7(2)6-8-4-3-5-9-8;1-4-5(2)3;2*1-4(2)3/h3-7,9H,8H2,1-2H3;3-5,7H,6H2,1-2H3;5H,4H2,1-3H3;2*4H,1-3H3. The van der Waals surface area contributed by atoms with Crippen LogP contribution in [0.2, 0.25) is 0 Å². The van der Waals surface area contributed by atoms with E-state index in [4.69, 9.17) is 0 Å². The Balaban J connectivity index is -0.000000350. The lowest BCUT2D eigenvalue weighted by Gasteiger charge is -2.02. The second-order valence-corrected chi connectivity index (χ2v) is 12.1. The van der Waals surface area contributed by atoms with Crippen LogP contribution in [0.25, 0.3) is 0 Å². The highest BCUT2D eigenvalue weighted by Crippen LogP contribution is 2.13. The van der Waals surface area contributed by atoms with E-state index >= 15 is 0 Å². The van der Waals surface area contributed by atoms with Crippen molar-refractivity contribution in [2.24, 2.45) is 29.6 Å². The van der Waals surface area contributed by atoms with Crippen molar-refractivity contribution in [3.63, 3.8) is 0 Å². The molecule has 2 aromatic rings. The Morgan fingerprint density at radius 3 is 1.25 bits per heavy atom. The van der Waals surface area contributed by atoms with Gasteiger partial charge in [-0.3, -0.25) is 0 Å². The van der Waals surface area contributed by atoms with Crippen molar-refractivity contribution in [2.75, 3.05) is 0 Å². The zero-order valence-electron chi connectivity index (χ0n) is 24.0. The first-order chi connectivity index (χ1) is 14.8. The SMILES string of the molecule is CC(C)C.CC(C)C.CC(C)Cc1ccccc1.CC(C)Cc1cccs1.CCC(C)C. The Morgan fingerprint density at radius 2 is 0.969 bits per heavy atom. The summed E-state index contributed by atoms with van der Waals surface area (Å²) < 4.78 is 0. The lowest BCUT2D eigenvalue weighted by molar-refractivity contribution is 0.626. The van der Waals surface area contributed by atoms with Gasteiger partial charge in [-0.15, -0.1) is 11.3 Å². The summed E-state index contributed by atoms with van der Waals surface area (Å²) in [4.78, 5) is 1.50. The summed E-state index contributed by atoms with van der Waals surface area (Å²) in [5.41, 5.74) is 1.44. The van der Waals surface area contributed by atoms with Crippen LogP contribution in [0.1, 0.15) is 107 Å². The van der Waals surface area contributed by atoms with Crippen molar-refractivity contribution in [1.82, 2.24) is 0 Å². The Bertz CT molecular complexity index is 536. The van der Waals surface area contributed by atoms with Crippen LogP contribution in [0.5, 0.6) is 0 Å². The van der Waals surface area contributed by atoms with Gasteiger partial charge in [-0.25, -0.2) is 0 Å². The molecule has 0 nitrogen and oxygen atoms in total. The predicted molar refractivity (Wildman–Crippen MR) is 154 cm³/mol. The molecule has 1 aromatic heterocycles. The Morgan fingerprint density at radius 1 is 0.562 bits per heavy atom. The number of rotatable bonds is 5. The van der Waals surface area contributed by atoms with Crippen LogP contribution in [0, 0.1) is 29.6 Å². The Hall–Kier alpha value is -1.08. The molecule has 0 bridgehead atoms. The maximum atomic E-state index is 2.25. The molecule has 0 radical (unpaired) electrons. The zero-order chi connectivity index (χ0) is 25.5. The van der Waals surface area contributed by atoms with E-state index in [-0.39, 0.29) is 0 Å². The van der Waals surface area contributed by atoms with Gasteiger partial charge in [0.25, 0.3) is 0 Å². The molecule has 2 rings (SSSR count). The summed E-state index contributed by atoms with van der Waals surface area (Å²) in [6.07, 6.45) is 3.73. The minimum atomic E-state index is 0.766. The number of benzene rings is 1. The molecule has 0 aliphatic heterocycles. The molecule has 0 aliphatic carbocycles. The number of hydrogen-bond donors (Lipinski definition) is 0. The van der Waals surface area contributed by atoms with Crippen LogP contribution in [-0.2, 0) is 12.8 Å². The third-order valence-electron chi connectivity index (χ3n) is 3.49. The van der Waals surface area contributed by atoms with Crippen LogP contribution < -0.4 is 0 Å². The summed E-state index contributed by atoms with van der Waals surface area (Å²) >= 11 is 1.85. The Labute approximate surface area is 208 Å². The van der Waals surface area contributed by atoms with E-state index in [1.165, 1.54) is 29.7 Å². The van der Waals surface area contributed by atoms with E-state index < -0.39 is 0 Å². The smallest absolute Gasteiger partial charge is 0.00477 e. The number of hydrogen-bond acceptors (Lipinski definition) is 1. The minimum Gasteiger partial charge on any atom is -0.149 e. The van der Waals surface area contributed by atoms with E-state index in [1.54, 1.807) is 0 Å². The average molecular weight is 463 g/mol. The molecule has 0 saturated carbocycles. The van der Waals surface area contributed by atoms with E-state index in [0.29, 0.717) is 0 Å². The van der Waals surface area contributed by atoms with Gasteiger partial charge in [-0.05, 0) is 59.4 Å². The molecule has 1 aromatic carbocycles. The Kier molecular flexibility index (Phi) is 27.3. The molecule has 0 fully saturated rings. The molecule has 0 unspecified atom stereocenters. The van der Waals surface area contributed by atoms with Crippen molar-refractivity contribution in [3.8, 4) is 0 Å². The fourth-order valence-corrected chi connectivity index (χ4v) is 2.84. The van der Waals surface area contributed by atoms with Crippen molar-refractivity contribution >= 4 is 11.3 Å². The highest BCUT2D eigenvalue weighted by atomic mass is 32.1. The highest BCUT2D eigenvalue weighted by Gasteiger charge is 1.96. The fraction of sp³-hybridized carbons (Fsp3) is 0.677. The van der Waals surface area contributed by atoms with Gasteiger partial charge in [0.1, 0.15) is 0 Å². The van der Waals surface area contributed by atoms with E-state index in [1.807, 2.05) is 11.3 Å². The molecular weight excluding hydrogens is 404 g/mol. The molecule has 1 heteroatoms. The molecule has 0 saturated heterocycles. The van der Waals surface area contributed by atoms with Gasteiger partial charge in [0.05, 0.1) is 0 Å². The average Bonchev–Trinajstić information content (AvgIpc) is 3.14. The summed E-state index contributed by atoms with van der Waals surface area (Å²) in [6, 6.07) is 14.9. The minimum absolute atomic E-state index is 0.766. The third kappa shape index (κ3) is 39.4. The third-order valence-corrected chi connectivity index (χ3v) is 4.39. The molecule has 0 atom stereocenters. The van der Waals surface area contributed by atoms with Gasteiger partial charge in [0.2, 0.25) is 0 Å². The summed E-state index contributed by atoms with van der Waals surface area (Å²) in [5.74, 6) is 4.11. The maximum Gasteiger partial charge on any atom is 0.00477 e. The largest absolute Gasteiger partial charge is 0.149 e. The van der Waals surface area contributed by atoms with Crippen LogP contribution in [0.4, 0.5) is 0 Å². The second kappa shape index (κ2) is 24.6. The molecule has 0 amide bonds.